The lowest BCUT2D eigenvalue weighted by Gasteiger charge is -2.26. The lowest BCUT2D eigenvalue weighted by Crippen LogP contribution is -2.17. The summed E-state index contributed by atoms with van der Waals surface area (Å²) in [5.41, 5.74) is 2.06. The van der Waals surface area contributed by atoms with Gasteiger partial charge in [-0.2, -0.15) is 0 Å². The van der Waals surface area contributed by atoms with Crippen LogP contribution < -0.4 is 4.90 Å². The Morgan fingerprint density at radius 1 is 0.691 bits per heavy atom. The van der Waals surface area contributed by atoms with E-state index in [1.807, 2.05) is 54.6 Å². The first-order valence-electron chi connectivity index (χ1n) is 27.5. The van der Waals surface area contributed by atoms with Crippen LogP contribution in [0.3, 0.4) is 0 Å². The maximum absolute atomic E-state index is 9.76. The lowest BCUT2D eigenvalue weighted by molar-refractivity contribution is 0.672. The number of allylic oxidation sites excluding steroid dienone is 3. The summed E-state index contributed by atoms with van der Waals surface area (Å²) in [6.45, 7) is -1.79. The molecule has 2 heterocycles. The van der Waals surface area contributed by atoms with E-state index in [1.54, 1.807) is 18.2 Å². The van der Waals surface area contributed by atoms with Gasteiger partial charge >= 0.3 is 0 Å². The molecule has 262 valence electrons. The van der Waals surface area contributed by atoms with Crippen LogP contribution in [0.25, 0.3) is 65.7 Å². The zero-order chi connectivity index (χ0) is 54.0. The third kappa shape index (κ3) is 5.91. The van der Waals surface area contributed by atoms with Gasteiger partial charge in [0, 0.05) is 52.8 Å². The van der Waals surface area contributed by atoms with E-state index in [4.69, 9.17) is 25.9 Å². The number of benzene rings is 8. The molecule has 0 radical (unpaired) electrons. The number of hydrogen-bond acceptors (Lipinski definition) is 3. The van der Waals surface area contributed by atoms with E-state index in [1.165, 1.54) is 0 Å². The number of aliphatic imine (C=N–C) groups is 1. The van der Waals surface area contributed by atoms with Crippen molar-refractivity contribution in [3.63, 3.8) is 0 Å². The summed E-state index contributed by atoms with van der Waals surface area (Å²) in [6, 6.07) is 6.82. The second-order valence-corrected chi connectivity index (χ2v) is 12.7. The average Bonchev–Trinajstić information content (AvgIpc) is 4.04. The van der Waals surface area contributed by atoms with Crippen molar-refractivity contribution < 1.29 is 31.8 Å². The van der Waals surface area contributed by atoms with Crippen molar-refractivity contribution in [2.24, 2.45) is 4.99 Å². The number of anilines is 2. The second kappa shape index (κ2) is 13.8. The molecule has 0 saturated heterocycles. The normalized spacial score (nSPS) is 18.6. The highest BCUT2D eigenvalue weighted by molar-refractivity contribution is 6.17. The number of rotatable bonds is 8. The van der Waals surface area contributed by atoms with E-state index >= 15 is 0 Å². The highest BCUT2D eigenvalue weighted by Gasteiger charge is 2.19. The van der Waals surface area contributed by atoms with E-state index < -0.39 is 156 Å². The summed E-state index contributed by atoms with van der Waals surface area (Å²) in [7, 11) is 0. The quantitative estimate of drug-likeness (QED) is 0.146. The molecule has 10 rings (SSSR count). The minimum absolute atomic E-state index is 0.147. The van der Waals surface area contributed by atoms with Gasteiger partial charge in [0.15, 0.2) is 0 Å². The van der Waals surface area contributed by atoms with Crippen LogP contribution in [0.4, 0.5) is 17.1 Å². The fraction of sp³-hybridized carbons (Fsp3) is 0.0577. The highest BCUT2D eigenvalue weighted by Crippen LogP contribution is 2.41. The molecular weight excluding hydrogens is 669 g/mol. The summed E-state index contributed by atoms with van der Waals surface area (Å²) in [5.74, 6) is 0. The Kier molecular flexibility index (Phi) is 4.49. The SMILES string of the molecule is [2H]C/C([2H])=C([2H])\C([2H])=C(\[2H])CN(c1c([2H])c([2H])c(-c2c([2H])c([2H])c([2H])c([2H])c2[2H])c([2H])c1[2H])c1c([2H])c([2H])c(-c2ccc3ccc4c5ccc(C6=Nc7ccccc7C6)cc5oc4c3c2)c2c([2H])c([2H])c([2H])c([2H])c12. The highest BCUT2D eigenvalue weighted by atomic mass is 16.3. The zero-order valence-corrected chi connectivity index (χ0v) is 28.9. The maximum Gasteiger partial charge on any atom is 0.143 e. The maximum atomic E-state index is 9.76. The molecule has 0 spiro atoms. The Morgan fingerprint density at radius 2 is 1.47 bits per heavy atom. The molecule has 1 aromatic heterocycles. The smallest absolute Gasteiger partial charge is 0.143 e. The van der Waals surface area contributed by atoms with Crippen LogP contribution in [-0.4, -0.2) is 12.3 Å². The molecule has 0 atom stereocenters. The Hall–Kier alpha value is -6.97. The summed E-state index contributed by atoms with van der Waals surface area (Å²) >= 11 is 0. The van der Waals surface area contributed by atoms with Gasteiger partial charge in [-0.25, -0.2) is 0 Å². The zero-order valence-electron chi connectivity index (χ0n) is 48.9. The molecule has 0 unspecified atom stereocenters. The van der Waals surface area contributed by atoms with Crippen molar-refractivity contribution in [1.82, 2.24) is 0 Å². The summed E-state index contributed by atoms with van der Waals surface area (Å²) in [5, 5.41) is 2.01. The minimum atomic E-state index is -1.04. The van der Waals surface area contributed by atoms with Crippen molar-refractivity contribution in [2.75, 3.05) is 11.4 Å². The predicted molar refractivity (Wildman–Crippen MR) is 233 cm³/mol. The van der Waals surface area contributed by atoms with Gasteiger partial charge in [0.1, 0.15) is 11.2 Å². The number of fused-ring (bicyclic) bond motifs is 7. The largest absolute Gasteiger partial charge is 0.455 e. The van der Waals surface area contributed by atoms with Gasteiger partial charge in [-0.3, -0.25) is 4.99 Å². The Balaban J connectivity index is 1.24. The standard InChI is InChI=1S/C52H38N2O/c1-2-3-4-12-31-54(41-25-21-36(22-26-41)35-13-6-5-7-14-35)50-30-29-42(43-16-9-10-17-44(43)50)38-20-19-37-23-28-46-45-27-24-40(34-51(45)55-52(46)47(37)32-38)49-33-39-15-8-11-18-48(39)53-49/h2-30,32,34H,31,33H2,1H3/b3-2-,12-4-/i1D,2D,3D,4D,5D,6D,7D,9D,10D,12D,13D,14D,16D,17D,21D,22D,25D,26D,29D,30D. The van der Waals surface area contributed by atoms with Crippen LogP contribution in [0, 0.1) is 0 Å². The Bertz CT molecular complexity index is 4070. The molecular formula is C52H38N2O. The fourth-order valence-electron chi connectivity index (χ4n) is 6.95. The number of furan rings is 1. The summed E-state index contributed by atoms with van der Waals surface area (Å²) in [6.07, 6.45) is 0.643. The average molecular weight is 727 g/mol. The molecule has 55 heavy (non-hydrogen) atoms. The summed E-state index contributed by atoms with van der Waals surface area (Å²) in [4.78, 5) is 5.63. The molecule has 0 saturated carbocycles. The molecule has 3 nitrogen and oxygen atoms in total. The van der Waals surface area contributed by atoms with Gasteiger partial charge in [-0.05, 0) is 93.9 Å². The van der Waals surface area contributed by atoms with Gasteiger partial charge in [0.25, 0.3) is 0 Å². The van der Waals surface area contributed by atoms with Crippen LogP contribution in [-0.2, 0) is 6.42 Å². The van der Waals surface area contributed by atoms with Crippen LogP contribution in [0.1, 0.15) is 45.4 Å². The Morgan fingerprint density at radius 3 is 2.35 bits per heavy atom. The van der Waals surface area contributed by atoms with E-state index in [0.717, 1.165) is 38.2 Å². The van der Waals surface area contributed by atoms with E-state index in [0.29, 0.717) is 28.4 Å². The first-order valence-corrected chi connectivity index (χ1v) is 17.2. The third-order valence-electron chi connectivity index (χ3n) is 9.54. The van der Waals surface area contributed by atoms with Crippen molar-refractivity contribution in [3.05, 3.63) is 199 Å². The lowest BCUT2D eigenvalue weighted by atomic mass is 9.94. The monoisotopic (exact) mass is 726 g/mol. The number of para-hydroxylation sites is 1. The van der Waals surface area contributed by atoms with Crippen LogP contribution in [0.2, 0.25) is 0 Å². The topological polar surface area (TPSA) is 28.7 Å². The minimum Gasteiger partial charge on any atom is -0.455 e. The number of hydrogen-bond donors (Lipinski definition) is 0. The first-order chi connectivity index (χ1) is 35.6. The molecule has 0 bridgehead atoms. The van der Waals surface area contributed by atoms with Crippen molar-refractivity contribution in [2.45, 2.75) is 13.3 Å². The van der Waals surface area contributed by atoms with Gasteiger partial charge in [0.05, 0.1) is 37.4 Å². The van der Waals surface area contributed by atoms with Gasteiger partial charge in [-0.1, -0.05) is 139 Å². The molecule has 8 aromatic carbocycles. The van der Waals surface area contributed by atoms with Crippen molar-refractivity contribution in [1.29, 1.82) is 0 Å². The van der Waals surface area contributed by atoms with Gasteiger partial charge in [0.2, 0.25) is 0 Å². The second-order valence-electron chi connectivity index (χ2n) is 12.7. The summed E-state index contributed by atoms with van der Waals surface area (Å²) < 4.78 is 183. The molecule has 0 aliphatic carbocycles. The van der Waals surface area contributed by atoms with E-state index in [2.05, 4.69) is 0 Å². The van der Waals surface area contributed by atoms with Crippen LogP contribution in [0.15, 0.2) is 197 Å². The molecule has 3 heteroatoms. The third-order valence-corrected chi connectivity index (χ3v) is 9.54. The molecule has 1 aliphatic rings. The predicted octanol–water partition coefficient (Wildman–Crippen LogP) is 14.2. The number of nitrogens with zero attached hydrogens (tertiary/aromatic N) is 2. The van der Waals surface area contributed by atoms with Crippen molar-refractivity contribution in [3.8, 4) is 22.3 Å². The molecule has 0 fully saturated rings. The van der Waals surface area contributed by atoms with Gasteiger partial charge < -0.3 is 9.32 Å². The molecule has 0 N–H and O–H groups in total. The van der Waals surface area contributed by atoms with Crippen molar-refractivity contribution >= 4 is 66.3 Å². The molecule has 0 amide bonds. The van der Waals surface area contributed by atoms with E-state index in [9.17, 15) is 11.0 Å². The fourth-order valence-corrected chi connectivity index (χ4v) is 6.95. The molecule has 9 aromatic rings. The van der Waals surface area contributed by atoms with E-state index in [-0.39, 0.29) is 16.5 Å². The van der Waals surface area contributed by atoms with Crippen LogP contribution >= 0.6 is 0 Å². The van der Waals surface area contributed by atoms with Crippen LogP contribution in [0.5, 0.6) is 0 Å². The first kappa shape index (κ1) is 17.9. The van der Waals surface area contributed by atoms with Gasteiger partial charge in [-0.15, -0.1) is 0 Å². The molecule has 1 aliphatic heterocycles. The Labute approximate surface area is 348 Å².